The Hall–Kier alpha value is -0.230. The zero-order chi connectivity index (χ0) is 23.0. The van der Waals surface area contributed by atoms with Gasteiger partial charge < -0.3 is 15.7 Å². The molecule has 0 aromatic carbocycles. The van der Waals surface area contributed by atoms with E-state index in [2.05, 4.69) is 23.6 Å². The van der Waals surface area contributed by atoms with Crippen molar-refractivity contribution >= 4 is 7.82 Å². The molecule has 31 heavy (non-hydrogen) atoms. The molecule has 186 valence electrons. The van der Waals surface area contributed by atoms with E-state index in [1.807, 2.05) is 0 Å². The van der Waals surface area contributed by atoms with Gasteiger partial charge in [-0.2, -0.15) is 0 Å². The summed E-state index contributed by atoms with van der Waals surface area (Å²) in [6, 6.07) is 0. The molecule has 0 bridgehead atoms. The highest BCUT2D eigenvalue weighted by molar-refractivity contribution is 7.47. The van der Waals surface area contributed by atoms with Crippen molar-refractivity contribution in [2.24, 2.45) is 5.73 Å². The van der Waals surface area contributed by atoms with Crippen molar-refractivity contribution in [3.63, 3.8) is 0 Å². The molecule has 0 aliphatic rings. The summed E-state index contributed by atoms with van der Waals surface area (Å²) in [5.74, 6) is 0. The first kappa shape index (κ1) is 30.8. The molecule has 0 aliphatic heterocycles. The van der Waals surface area contributed by atoms with Gasteiger partial charge in [-0.3, -0.25) is 9.05 Å². The maximum absolute atomic E-state index is 11.4. The fourth-order valence-electron chi connectivity index (χ4n) is 3.45. The van der Waals surface area contributed by atoms with Crippen LogP contribution in [-0.4, -0.2) is 35.9 Å². The van der Waals surface area contributed by atoms with Crippen molar-refractivity contribution in [3.8, 4) is 0 Å². The number of aliphatic hydroxyl groups is 1. The Morgan fingerprint density at radius 2 is 1.29 bits per heavy atom. The second-order valence-electron chi connectivity index (χ2n) is 8.47. The third kappa shape index (κ3) is 24.2. The van der Waals surface area contributed by atoms with Crippen molar-refractivity contribution in [1.82, 2.24) is 0 Å². The van der Waals surface area contributed by atoms with Crippen LogP contribution in [0.15, 0.2) is 12.2 Å². The van der Waals surface area contributed by atoms with Crippen molar-refractivity contribution in [2.45, 2.75) is 122 Å². The highest BCUT2D eigenvalue weighted by Crippen LogP contribution is 2.42. The lowest BCUT2D eigenvalue weighted by Crippen LogP contribution is -2.15. The number of phosphoric acid groups is 1. The van der Waals surface area contributed by atoms with Crippen LogP contribution in [-0.2, 0) is 13.6 Å². The van der Waals surface area contributed by atoms with Gasteiger partial charge in [0.15, 0.2) is 0 Å². The molecule has 1 unspecified atom stereocenters. The predicted octanol–water partition coefficient (Wildman–Crippen LogP) is 6.65. The van der Waals surface area contributed by atoms with E-state index in [0.717, 1.165) is 12.8 Å². The number of allylic oxidation sites excluding steroid dienone is 2. The van der Waals surface area contributed by atoms with E-state index in [1.54, 1.807) is 0 Å². The van der Waals surface area contributed by atoms with Gasteiger partial charge in [0, 0.05) is 6.54 Å². The second-order valence-corrected chi connectivity index (χ2v) is 9.93. The summed E-state index contributed by atoms with van der Waals surface area (Å²) in [5, 5.41) is 9.80. The lowest BCUT2D eigenvalue weighted by Gasteiger charge is -2.14. The molecule has 0 fully saturated rings. The van der Waals surface area contributed by atoms with Crippen molar-refractivity contribution in [1.29, 1.82) is 0 Å². The highest BCUT2D eigenvalue weighted by atomic mass is 31.2. The molecule has 0 spiro atoms. The summed E-state index contributed by atoms with van der Waals surface area (Å²) in [5.41, 5.74) is 5.20. The molecular weight excluding hydrogens is 413 g/mol. The van der Waals surface area contributed by atoms with Gasteiger partial charge in [0.1, 0.15) is 0 Å². The largest absolute Gasteiger partial charge is 0.472 e. The summed E-state index contributed by atoms with van der Waals surface area (Å²) in [7, 11) is -4.10. The molecule has 0 amide bonds. The van der Waals surface area contributed by atoms with Crippen molar-refractivity contribution < 1.29 is 23.6 Å². The van der Waals surface area contributed by atoms with E-state index in [-0.39, 0.29) is 19.8 Å². The molecule has 0 radical (unpaired) electrons. The van der Waals surface area contributed by atoms with Crippen LogP contribution in [0.4, 0.5) is 0 Å². The summed E-state index contributed by atoms with van der Waals surface area (Å²) in [6.07, 6.45) is 24.9. The van der Waals surface area contributed by atoms with E-state index in [1.165, 1.54) is 89.9 Å². The van der Waals surface area contributed by atoms with E-state index < -0.39 is 13.9 Å². The third-order valence-corrected chi connectivity index (χ3v) is 6.34. The van der Waals surface area contributed by atoms with E-state index in [0.29, 0.717) is 6.42 Å². The van der Waals surface area contributed by atoms with Gasteiger partial charge in [0.05, 0.1) is 19.3 Å². The second kappa shape index (κ2) is 22.9. The molecule has 7 heteroatoms. The molecule has 0 saturated carbocycles. The number of phosphoric ester groups is 1. The molecule has 0 aromatic heterocycles. The molecule has 0 saturated heterocycles. The van der Waals surface area contributed by atoms with Gasteiger partial charge in [0.2, 0.25) is 0 Å². The normalized spacial score (nSPS) is 14.8. The Balaban J connectivity index is 3.34. The predicted molar refractivity (Wildman–Crippen MR) is 130 cm³/mol. The zero-order valence-electron chi connectivity index (χ0n) is 20.0. The van der Waals surface area contributed by atoms with Crippen molar-refractivity contribution in [2.75, 3.05) is 19.8 Å². The third-order valence-electron chi connectivity index (χ3n) is 5.36. The average molecular weight is 464 g/mol. The number of unbranched alkanes of at least 4 members (excludes halogenated alkanes) is 14. The minimum atomic E-state index is -4.10. The fourth-order valence-corrected chi connectivity index (χ4v) is 4.22. The van der Waals surface area contributed by atoms with Crippen LogP contribution in [0, 0.1) is 0 Å². The summed E-state index contributed by atoms with van der Waals surface area (Å²) < 4.78 is 20.8. The summed E-state index contributed by atoms with van der Waals surface area (Å²) >= 11 is 0. The van der Waals surface area contributed by atoms with Gasteiger partial charge in [-0.15, -0.1) is 0 Å². The van der Waals surface area contributed by atoms with E-state index in [4.69, 9.17) is 10.3 Å². The Morgan fingerprint density at radius 1 is 0.806 bits per heavy atom. The first-order chi connectivity index (χ1) is 15.0. The van der Waals surface area contributed by atoms with Gasteiger partial charge >= 0.3 is 7.82 Å². The number of hydrogen-bond donors (Lipinski definition) is 3. The number of aliphatic hydroxyl groups excluding tert-OH is 1. The van der Waals surface area contributed by atoms with Crippen LogP contribution in [0.3, 0.4) is 0 Å². The number of hydrogen-bond acceptors (Lipinski definition) is 5. The summed E-state index contributed by atoms with van der Waals surface area (Å²) in [6.45, 7) is 2.14. The number of rotatable bonds is 24. The molecular formula is C24H50NO5P. The first-order valence-electron chi connectivity index (χ1n) is 12.7. The smallest absolute Gasteiger partial charge is 0.391 e. The van der Waals surface area contributed by atoms with Gasteiger partial charge in [-0.05, 0) is 25.7 Å². The minimum absolute atomic E-state index is 0.0497. The topological polar surface area (TPSA) is 102 Å². The van der Waals surface area contributed by atoms with Gasteiger partial charge in [-0.25, -0.2) is 4.57 Å². The highest BCUT2D eigenvalue weighted by Gasteiger charge is 2.21. The van der Waals surface area contributed by atoms with Crippen LogP contribution in [0.25, 0.3) is 0 Å². The Morgan fingerprint density at radius 3 is 1.81 bits per heavy atom. The monoisotopic (exact) mass is 463 g/mol. The van der Waals surface area contributed by atoms with Crippen LogP contribution in [0.1, 0.15) is 116 Å². The molecule has 0 aliphatic carbocycles. The van der Waals surface area contributed by atoms with Gasteiger partial charge in [-0.1, -0.05) is 103 Å². The molecule has 0 aromatic rings. The maximum atomic E-state index is 11.4. The molecule has 0 heterocycles. The Labute approximate surface area is 191 Å². The molecule has 6 nitrogen and oxygen atoms in total. The quantitative estimate of drug-likeness (QED) is 0.0841. The standard InChI is InChI=1S/C24H50NO5P/c1-2-3-4-5-6-7-8-9-10-11-12-13-14-15-16-17-18-19-20-24(26)23-30-31(27,28)29-22-21-25/h17-18,24,26H,2-16,19-23,25H2,1H3,(H,27,28)/b18-17-/t24-/m1/s1. The SMILES string of the molecule is CCCCCCCCCCCCCCCC/C=C\CC[C@@H](O)COP(=O)(O)OCCN. The lowest BCUT2D eigenvalue weighted by molar-refractivity contribution is 0.0698. The Kier molecular flexibility index (Phi) is 22.8. The van der Waals surface area contributed by atoms with E-state index >= 15 is 0 Å². The van der Waals surface area contributed by atoms with E-state index in [9.17, 15) is 14.6 Å². The zero-order valence-corrected chi connectivity index (χ0v) is 20.9. The maximum Gasteiger partial charge on any atom is 0.472 e. The molecule has 4 N–H and O–H groups in total. The molecule has 2 atom stereocenters. The minimum Gasteiger partial charge on any atom is -0.391 e. The van der Waals surface area contributed by atoms with Crippen LogP contribution >= 0.6 is 7.82 Å². The van der Waals surface area contributed by atoms with Crippen LogP contribution in [0.2, 0.25) is 0 Å². The van der Waals surface area contributed by atoms with Gasteiger partial charge in [0.25, 0.3) is 0 Å². The first-order valence-corrected chi connectivity index (χ1v) is 14.2. The van der Waals surface area contributed by atoms with Crippen LogP contribution in [0.5, 0.6) is 0 Å². The average Bonchev–Trinajstić information content (AvgIpc) is 2.75. The molecule has 0 rings (SSSR count). The summed E-state index contributed by atoms with van der Waals surface area (Å²) in [4.78, 5) is 9.35. The van der Waals surface area contributed by atoms with Crippen molar-refractivity contribution in [3.05, 3.63) is 12.2 Å². The fraction of sp³-hybridized carbons (Fsp3) is 0.917. The number of nitrogens with two attached hydrogens (primary N) is 1. The van der Waals surface area contributed by atoms with Crippen LogP contribution < -0.4 is 5.73 Å². The Bertz CT molecular complexity index is 448. The lowest BCUT2D eigenvalue weighted by atomic mass is 10.0.